The summed E-state index contributed by atoms with van der Waals surface area (Å²) in [5.74, 6) is 1.55. The number of nitrogens with one attached hydrogen (secondary N) is 1. The molecule has 0 aliphatic heterocycles. The number of anilines is 1. The minimum absolute atomic E-state index is 0.714. The van der Waals surface area contributed by atoms with Crippen LogP contribution in [0.3, 0.4) is 0 Å². The van der Waals surface area contributed by atoms with E-state index >= 15 is 0 Å². The molecule has 0 saturated heterocycles. The van der Waals surface area contributed by atoms with E-state index in [9.17, 15) is 0 Å². The van der Waals surface area contributed by atoms with Gasteiger partial charge < -0.3 is 5.32 Å². The third kappa shape index (κ3) is 3.02. The lowest BCUT2D eigenvalue weighted by molar-refractivity contribution is 0.959. The molecule has 0 saturated carbocycles. The summed E-state index contributed by atoms with van der Waals surface area (Å²) in [7, 11) is 0. The van der Waals surface area contributed by atoms with Gasteiger partial charge in [0.15, 0.2) is 5.82 Å². The molecule has 1 N–H and O–H groups in total. The number of halogens is 2. The van der Waals surface area contributed by atoms with E-state index in [-0.39, 0.29) is 0 Å². The molecule has 18 heavy (non-hydrogen) atoms. The second-order valence-electron chi connectivity index (χ2n) is 3.83. The highest BCUT2D eigenvalue weighted by molar-refractivity contribution is 9.10. The molecule has 6 heteroatoms. The minimum Gasteiger partial charge on any atom is -0.369 e. The van der Waals surface area contributed by atoms with Crippen LogP contribution < -0.4 is 5.32 Å². The fraction of sp³-hybridized carbons (Fsp3) is 0.333. The van der Waals surface area contributed by atoms with Crippen LogP contribution in [0.15, 0.2) is 16.6 Å². The van der Waals surface area contributed by atoms with Gasteiger partial charge in [0.25, 0.3) is 0 Å². The third-order valence-corrected chi connectivity index (χ3v) is 4.53. The van der Waals surface area contributed by atoms with E-state index in [1.54, 1.807) is 0 Å². The lowest BCUT2D eigenvalue weighted by atomic mass is 10.3. The number of aryl methyl sites for hydroxylation is 1. The van der Waals surface area contributed by atoms with E-state index in [0.29, 0.717) is 5.82 Å². The second-order valence-corrected chi connectivity index (χ2v) is 6.33. The molecule has 3 nitrogen and oxygen atoms in total. The smallest absolute Gasteiger partial charge is 0.171 e. The van der Waals surface area contributed by atoms with Crippen molar-refractivity contribution < 1.29 is 0 Å². The largest absolute Gasteiger partial charge is 0.369 e. The van der Waals surface area contributed by atoms with E-state index in [1.807, 2.05) is 19.1 Å². The summed E-state index contributed by atoms with van der Waals surface area (Å²) in [5, 5.41) is 3.29. The summed E-state index contributed by atoms with van der Waals surface area (Å²) < 4.78 is 1.67. The third-order valence-electron chi connectivity index (χ3n) is 2.35. The van der Waals surface area contributed by atoms with Gasteiger partial charge in [0.05, 0.1) is 19.4 Å². The zero-order valence-electron chi connectivity index (χ0n) is 10.1. The molecular weight excluding hydrogens is 334 g/mol. The van der Waals surface area contributed by atoms with Crippen molar-refractivity contribution in [3.8, 4) is 10.7 Å². The van der Waals surface area contributed by atoms with Crippen molar-refractivity contribution in [1.29, 1.82) is 0 Å². The molecule has 2 rings (SSSR count). The van der Waals surface area contributed by atoms with Crippen molar-refractivity contribution in [2.75, 3.05) is 11.9 Å². The topological polar surface area (TPSA) is 37.8 Å². The molecule has 2 aromatic heterocycles. The van der Waals surface area contributed by atoms with Crippen LogP contribution in [0.4, 0.5) is 5.82 Å². The van der Waals surface area contributed by atoms with E-state index in [0.717, 1.165) is 38.2 Å². The predicted octanol–water partition coefficient (Wildman–Crippen LogP) is 4.75. The summed E-state index contributed by atoms with van der Waals surface area (Å²) in [6.45, 7) is 4.97. The molecule has 0 fully saturated rings. The molecule has 0 radical (unpaired) electrons. The van der Waals surface area contributed by atoms with E-state index in [2.05, 4.69) is 38.1 Å². The first kappa shape index (κ1) is 13.8. The van der Waals surface area contributed by atoms with Crippen molar-refractivity contribution in [2.45, 2.75) is 20.3 Å². The fourth-order valence-corrected chi connectivity index (χ4v) is 2.76. The lowest BCUT2D eigenvalue weighted by Crippen LogP contribution is -2.05. The number of thiophene rings is 1. The second kappa shape index (κ2) is 5.99. The zero-order chi connectivity index (χ0) is 13.1. The maximum atomic E-state index is 5.94. The number of hydrogen-bond acceptors (Lipinski definition) is 4. The number of aromatic nitrogens is 2. The van der Waals surface area contributed by atoms with Crippen LogP contribution in [0.5, 0.6) is 0 Å². The molecule has 0 amide bonds. The fourth-order valence-electron chi connectivity index (χ4n) is 1.46. The maximum Gasteiger partial charge on any atom is 0.171 e. The average molecular weight is 347 g/mol. The standard InChI is InChI=1S/C12H13BrClN3S/c1-3-6-15-12-10(13)7(2)16-11(17-12)8-4-5-9(14)18-8/h4-5H,3,6H2,1-2H3,(H,15,16,17). The van der Waals surface area contributed by atoms with Gasteiger partial charge in [-0.25, -0.2) is 9.97 Å². The summed E-state index contributed by atoms with van der Waals surface area (Å²) in [5.41, 5.74) is 0.920. The van der Waals surface area contributed by atoms with Gasteiger partial charge in [-0.3, -0.25) is 0 Å². The monoisotopic (exact) mass is 345 g/mol. The molecule has 2 aromatic rings. The van der Waals surface area contributed by atoms with Crippen LogP contribution in [0.2, 0.25) is 4.34 Å². The first-order valence-electron chi connectivity index (χ1n) is 5.65. The van der Waals surface area contributed by atoms with E-state index in [4.69, 9.17) is 11.6 Å². The van der Waals surface area contributed by atoms with Crippen LogP contribution >= 0.6 is 38.9 Å². The quantitative estimate of drug-likeness (QED) is 0.868. The van der Waals surface area contributed by atoms with Gasteiger partial charge in [0.1, 0.15) is 5.82 Å². The molecule has 0 spiro atoms. The van der Waals surface area contributed by atoms with Crippen LogP contribution in [0.1, 0.15) is 19.0 Å². The average Bonchev–Trinajstić information content (AvgIpc) is 2.77. The van der Waals surface area contributed by atoms with Gasteiger partial charge in [-0.2, -0.15) is 0 Å². The lowest BCUT2D eigenvalue weighted by Gasteiger charge is -2.09. The Bertz CT molecular complexity index is 556. The van der Waals surface area contributed by atoms with Crippen LogP contribution in [-0.2, 0) is 0 Å². The van der Waals surface area contributed by atoms with Gasteiger partial charge in [0, 0.05) is 6.54 Å². The molecule has 0 bridgehead atoms. The number of nitrogens with zero attached hydrogens (tertiary/aromatic N) is 2. The Kier molecular flexibility index (Phi) is 4.59. The summed E-state index contributed by atoms with van der Waals surface area (Å²) in [6, 6.07) is 3.81. The van der Waals surface area contributed by atoms with Crippen molar-refractivity contribution >= 4 is 44.7 Å². The normalized spacial score (nSPS) is 10.7. The highest BCUT2D eigenvalue weighted by atomic mass is 79.9. The first-order valence-corrected chi connectivity index (χ1v) is 7.64. The summed E-state index contributed by atoms with van der Waals surface area (Å²) in [6.07, 6.45) is 1.05. The minimum atomic E-state index is 0.714. The molecule has 0 aliphatic rings. The Morgan fingerprint density at radius 3 is 2.78 bits per heavy atom. The predicted molar refractivity (Wildman–Crippen MR) is 81.6 cm³/mol. The maximum absolute atomic E-state index is 5.94. The van der Waals surface area contributed by atoms with Gasteiger partial charge in [-0.15, -0.1) is 11.3 Å². The molecular formula is C12H13BrClN3S. The van der Waals surface area contributed by atoms with Crippen molar-refractivity contribution in [2.24, 2.45) is 0 Å². The SMILES string of the molecule is CCCNc1nc(-c2ccc(Cl)s2)nc(C)c1Br. The molecule has 0 aromatic carbocycles. The Hall–Kier alpha value is -0.650. The zero-order valence-corrected chi connectivity index (χ0v) is 13.3. The highest BCUT2D eigenvalue weighted by Crippen LogP contribution is 2.32. The number of rotatable bonds is 4. The van der Waals surface area contributed by atoms with Crippen molar-refractivity contribution in [1.82, 2.24) is 9.97 Å². The summed E-state index contributed by atoms with van der Waals surface area (Å²) in [4.78, 5) is 10.00. The molecule has 2 heterocycles. The number of hydrogen-bond donors (Lipinski definition) is 1. The van der Waals surface area contributed by atoms with Gasteiger partial charge >= 0.3 is 0 Å². The van der Waals surface area contributed by atoms with E-state index in [1.165, 1.54) is 11.3 Å². The first-order chi connectivity index (χ1) is 8.61. The molecule has 0 unspecified atom stereocenters. The van der Waals surface area contributed by atoms with Gasteiger partial charge in [-0.1, -0.05) is 18.5 Å². The van der Waals surface area contributed by atoms with Gasteiger partial charge in [-0.05, 0) is 41.4 Å². The highest BCUT2D eigenvalue weighted by Gasteiger charge is 2.11. The summed E-state index contributed by atoms with van der Waals surface area (Å²) >= 11 is 10.9. The Morgan fingerprint density at radius 1 is 1.39 bits per heavy atom. The van der Waals surface area contributed by atoms with E-state index < -0.39 is 0 Å². The Balaban J connectivity index is 2.40. The Labute approximate surface area is 124 Å². The van der Waals surface area contributed by atoms with Gasteiger partial charge in [0.2, 0.25) is 0 Å². The van der Waals surface area contributed by atoms with Crippen LogP contribution in [-0.4, -0.2) is 16.5 Å². The molecule has 96 valence electrons. The molecule has 0 atom stereocenters. The van der Waals surface area contributed by atoms with Crippen LogP contribution in [0.25, 0.3) is 10.7 Å². The molecule has 0 aliphatic carbocycles. The van der Waals surface area contributed by atoms with Crippen LogP contribution in [0, 0.1) is 6.92 Å². The van der Waals surface area contributed by atoms with Crippen molar-refractivity contribution in [3.05, 3.63) is 26.6 Å². The van der Waals surface area contributed by atoms with Crippen molar-refractivity contribution in [3.63, 3.8) is 0 Å². The Morgan fingerprint density at radius 2 is 2.17 bits per heavy atom.